The number of carbonyl (C=O) groups is 5. The van der Waals surface area contributed by atoms with Crippen molar-refractivity contribution in [1.29, 1.82) is 0 Å². The molecule has 0 aromatic carbocycles. The average molecular weight is 455 g/mol. The Bertz CT molecular complexity index is 723. The lowest BCUT2D eigenvalue weighted by atomic mass is 9.96. The van der Waals surface area contributed by atoms with Gasteiger partial charge in [0.15, 0.2) is 0 Å². The van der Waals surface area contributed by atoms with Crippen LogP contribution in [0.4, 0.5) is 0 Å². The number of aliphatic carboxylic acids is 2. The van der Waals surface area contributed by atoms with Crippen LogP contribution < -0.4 is 16.0 Å². The van der Waals surface area contributed by atoms with Crippen LogP contribution in [0.15, 0.2) is 0 Å². The Morgan fingerprint density at radius 2 is 1.78 bits per heavy atom. The van der Waals surface area contributed by atoms with Gasteiger partial charge in [0, 0.05) is 13.0 Å². The molecule has 5 unspecified atom stereocenters. The second-order valence-electron chi connectivity index (χ2n) is 8.54. The van der Waals surface area contributed by atoms with E-state index in [-0.39, 0.29) is 30.2 Å². The lowest BCUT2D eigenvalue weighted by Gasteiger charge is -2.32. The largest absolute Gasteiger partial charge is 0.481 e. The molecule has 2 saturated heterocycles. The lowest BCUT2D eigenvalue weighted by Crippen LogP contribution is -2.58. The summed E-state index contributed by atoms with van der Waals surface area (Å²) in [7, 11) is 0. The molecule has 0 aliphatic carbocycles. The number of amides is 3. The number of carboxylic acids is 2. The average Bonchev–Trinajstić information content (AvgIpc) is 3.45. The van der Waals surface area contributed by atoms with E-state index < -0.39 is 42.4 Å². The summed E-state index contributed by atoms with van der Waals surface area (Å²) < 4.78 is 0. The molecule has 2 fully saturated rings. The van der Waals surface area contributed by atoms with Gasteiger partial charge in [-0.25, -0.2) is 4.79 Å². The molecule has 5 N–H and O–H groups in total. The molecule has 0 aromatic rings. The molecule has 0 spiro atoms. The summed E-state index contributed by atoms with van der Waals surface area (Å²) in [5, 5.41) is 26.4. The third kappa shape index (κ3) is 6.65. The molecular formula is C21H34N4O7. The minimum absolute atomic E-state index is 0.153. The van der Waals surface area contributed by atoms with Gasteiger partial charge in [-0.3, -0.25) is 19.2 Å². The minimum Gasteiger partial charge on any atom is -0.481 e. The molecule has 0 saturated carbocycles. The van der Waals surface area contributed by atoms with Gasteiger partial charge >= 0.3 is 11.9 Å². The Labute approximate surface area is 187 Å². The van der Waals surface area contributed by atoms with Crippen LogP contribution in [-0.2, 0) is 24.0 Å². The fourth-order valence-corrected chi connectivity index (χ4v) is 4.12. The van der Waals surface area contributed by atoms with Gasteiger partial charge in [0.25, 0.3) is 0 Å². The molecule has 2 aliphatic rings. The molecule has 0 radical (unpaired) electrons. The summed E-state index contributed by atoms with van der Waals surface area (Å²) in [5.74, 6) is -3.86. The Morgan fingerprint density at radius 1 is 1.06 bits per heavy atom. The van der Waals surface area contributed by atoms with Crippen molar-refractivity contribution in [3.05, 3.63) is 0 Å². The maximum absolute atomic E-state index is 13.4. The summed E-state index contributed by atoms with van der Waals surface area (Å²) in [4.78, 5) is 62.4. The van der Waals surface area contributed by atoms with E-state index >= 15 is 0 Å². The monoisotopic (exact) mass is 454 g/mol. The first-order valence-electron chi connectivity index (χ1n) is 11.2. The van der Waals surface area contributed by atoms with Gasteiger partial charge in [-0.1, -0.05) is 20.3 Å². The van der Waals surface area contributed by atoms with Crippen molar-refractivity contribution in [1.82, 2.24) is 20.9 Å². The van der Waals surface area contributed by atoms with Crippen molar-refractivity contribution < 1.29 is 34.2 Å². The SMILES string of the molecule is CCC(C)C(NC(=O)C1CCCN1)C(=O)N1CCCC1C(=O)NC(CCC(=O)O)C(=O)O. The fourth-order valence-electron chi connectivity index (χ4n) is 4.12. The van der Waals surface area contributed by atoms with Gasteiger partial charge in [-0.05, 0) is 44.6 Å². The number of hydrogen-bond acceptors (Lipinski definition) is 6. The number of likely N-dealkylation sites (tertiary alicyclic amines) is 1. The van der Waals surface area contributed by atoms with Crippen LogP contribution in [0.2, 0.25) is 0 Å². The van der Waals surface area contributed by atoms with Gasteiger partial charge in [0.05, 0.1) is 6.04 Å². The molecule has 180 valence electrons. The van der Waals surface area contributed by atoms with E-state index in [0.717, 1.165) is 13.0 Å². The molecular weight excluding hydrogens is 420 g/mol. The van der Waals surface area contributed by atoms with Crippen LogP contribution in [0.1, 0.15) is 58.8 Å². The van der Waals surface area contributed by atoms with Crippen LogP contribution in [-0.4, -0.2) is 82.0 Å². The first-order valence-corrected chi connectivity index (χ1v) is 11.2. The van der Waals surface area contributed by atoms with Gasteiger partial charge in [0.2, 0.25) is 17.7 Å². The molecule has 11 nitrogen and oxygen atoms in total. The van der Waals surface area contributed by atoms with Gasteiger partial charge in [-0.15, -0.1) is 0 Å². The highest BCUT2D eigenvalue weighted by atomic mass is 16.4. The Kier molecular flexibility index (Phi) is 9.42. The highest BCUT2D eigenvalue weighted by molar-refractivity contribution is 5.94. The van der Waals surface area contributed by atoms with Crippen molar-refractivity contribution in [2.45, 2.75) is 83.0 Å². The summed E-state index contributed by atoms with van der Waals surface area (Å²) in [5.41, 5.74) is 0. The molecule has 3 amide bonds. The first-order chi connectivity index (χ1) is 15.1. The number of nitrogens with zero attached hydrogens (tertiary/aromatic N) is 1. The predicted molar refractivity (Wildman–Crippen MR) is 114 cm³/mol. The van der Waals surface area contributed by atoms with Gasteiger partial charge in [-0.2, -0.15) is 0 Å². The van der Waals surface area contributed by atoms with E-state index in [2.05, 4.69) is 16.0 Å². The molecule has 32 heavy (non-hydrogen) atoms. The van der Waals surface area contributed by atoms with E-state index in [0.29, 0.717) is 32.2 Å². The predicted octanol–water partition coefficient (Wildman–Crippen LogP) is -0.305. The maximum atomic E-state index is 13.4. The topological polar surface area (TPSA) is 165 Å². The van der Waals surface area contributed by atoms with Crippen molar-refractivity contribution in [3.8, 4) is 0 Å². The second-order valence-corrected chi connectivity index (χ2v) is 8.54. The smallest absolute Gasteiger partial charge is 0.326 e. The van der Waals surface area contributed by atoms with Crippen molar-refractivity contribution in [3.63, 3.8) is 0 Å². The van der Waals surface area contributed by atoms with Crippen LogP contribution >= 0.6 is 0 Å². The molecule has 0 aromatic heterocycles. The van der Waals surface area contributed by atoms with Crippen LogP contribution in [0.3, 0.4) is 0 Å². The lowest BCUT2D eigenvalue weighted by molar-refractivity contribution is -0.146. The van der Waals surface area contributed by atoms with Gasteiger partial charge in [0.1, 0.15) is 18.1 Å². The molecule has 2 aliphatic heterocycles. The number of hydrogen-bond donors (Lipinski definition) is 5. The van der Waals surface area contributed by atoms with E-state index in [1.807, 2.05) is 13.8 Å². The van der Waals surface area contributed by atoms with Gasteiger partial charge < -0.3 is 31.1 Å². The molecule has 11 heteroatoms. The number of carboxylic acid groups (broad SMARTS) is 2. The zero-order chi connectivity index (χ0) is 23.8. The van der Waals surface area contributed by atoms with E-state index in [4.69, 9.17) is 5.11 Å². The first kappa shape index (κ1) is 25.6. The normalized spacial score (nSPS) is 23.2. The number of rotatable bonds is 11. The highest BCUT2D eigenvalue weighted by Gasteiger charge is 2.40. The highest BCUT2D eigenvalue weighted by Crippen LogP contribution is 2.22. The summed E-state index contributed by atoms with van der Waals surface area (Å²) in [6.07, 6.45) is 2.53. The molecule has 2 heterocycles. The summed E-state index contributed by atoms with van der Waals surface area (Å²) in [6, 6.07) is -3.33. The quantitative estimate of drug-likeness (QED) is 0.284. The van der Waals surface area contributed by atoms with Crippen molar-refractivity contribution in [2.75, 3.05) is 13.1 Å². The molecule has 5 atom stereocenters. The standard InChI is InChI=1S/C21H34N4O7/c1-3-12(2)17(24-18(28)13-6-4-10-22-13)20(30)25-11-5-7-15(25)19(29)23-14(21(31)32)8-9-16(26)27/h12-15,17,22H,3-11H2,1-2H3,(H,23,29)(H,24,28)(H,26,27)(H,31,32). The molecule has 0 bridgehead atoms. The van der Waals surface area contributed by atoms with Crippen molar-refractivity contribution in [2.24, 2.45) is 5.92 Å². The second kappa shape index (κ2) is 11.8. The third-order valence-corrected chi connectivity index (χ3v) is 6.25. The van der Waals surface area contributed by atoms with E-state index in [1.54, 1.807) is 0 Å². The van der Waals surface area contributed by atoms with Crippen LogP contribution in [0, 0.1) is 5.92 Å². The number of nitrogens with one attached hydrogen (secondary N) is 3. The summed E-state index contributed by atoms with van der Waals surface area (Å²) in [6.45, 7) is 4.86. The zero-order valence-electron chi connectivity index (χ0n) is 18.6. The molecule has 2 rings (SSSR count). The van der Waals surface area contributed by atoms with E-state index in [1.165, 1.54) is 4.90 Å². The maximum Gasteiger partial charge on any atom is 0.326 e. The Balaban J connectivity index is 2.09. The fraction of sp³-hybridized carbons (Fsp3) is 0.762. The van der Waals surface area contributed by atoms with Crippen LogP contribution in [0.5, 0.6) is 0 Å². The zero-order valence-corrected chi connectivity index (χ0v) is 18.6. The Morgan fingerprint density at radius 3 is 2.34 bits per heavy atom. The van der Waals surface area contributed by atoms with Crippen molar-refractivity contribution >= 4 is 29.7 Å². The minimum atomic E-state index is -1.35. The third-order valence-electron chi connectivity index (χ3n) is 6.25. The number of carbonyl (C=O) groups excluding carboxylic acids is 3. The van der Waals surface area contributed by atoms with Crippen LogP contribution in [0.25, 0.3) is 0 Å². The Hall–Kier alpha value is -2.69. The van der Waals surface area contributed by atoms with E-state index in [9.17, 15) is 29.1 Å². The summed E-state index contributed by atoms with van der Waals surface area (Å²) >= 11 is 0.